The summed E-state index contributed by atoms with van der Waals surface area (Å²) in [6.45, 7) is 20.2. The molecule has 0 radical (unpaired) electrons. The fourth-order valence-electron chi connectivity index (χ4n) is 9.49. The zero-order valence-corrected chi connectivity index (χ0v) is 45.5. The van der Waals surface area contributed by atoms with E-state index in [0.29, 0.717) is 25.8 Å². The zero-order chi connectivity index (χ0) is 53.1. The van der Waals surface area contributed by atoms with Crippen molar-refractivity contribution in [2.24, 2.45) is 27.6 Å². The third-order valence-electron chi connectivity index (χ3n) is 14.1. The SMILES string of the molecule is Cc1ncsc1-c1ccc([C@H](C)CC(=O)[C@@H]2C[C@@H](O)CN2C(=O)[C@H](CC(=O)CCCCCN=[N+]=[N-])C(C)(C)C)cc1.Cc1ncsc1-c1ccc([C@H](C)CC(=O)[C@@H]2C[C@@H](O)CN2C(=O)[C@H](N)C(C)(C)C)cc1. The molecule has 0 unspecified atom stereocenters. The van der Waals surface area contributed by atoms with Crippen LogP contribution in [0.5, 0.6) is 0 Å². The van der Waals surface area contributed by atoms with Crippen LogP contribution in [0, 0.1) is 30.6 Å². The molecule has 0 aliphatic carbocycles. The number of aryl methyl sites for hydroxylation is 2. The number of rotatable bonds is 20. The van der Waals surface area contributed by atoms with Gasteiger partial charge in [0, 0.05) is 69.0 Å². The molecular weight excluding hydrogens is 949 g/mol. The predicted octanol–water partition coefficient (Wildman–Crippen LogP) is 10.2. The fourth-order valence-corrected chi connectivity index (χ4v) is 11.1. The van der Waals surface area contributed by atoms with Gasteiger partial charge in [0.2, 0.25) is 11.8 Å². The first-order chi connectivity index (χ1) is 33.9. The lowest BCUT2D eigenvalue weighted by atomic mass is 9.76. The zero-order valence-electron chi connectivity index (χ0n) is 43.8. The average Bonchev–Trinajstić information content (AvgIpc) is 4.15. The van der Waals surface area contributed by atoms with Gasteiger partial charge in [0.15, 0.2) is 11.6 Å². The molecule has 0 spiro atoms. The number of hydrogen-bond acceptors (Lipinski definition) is 13. The van der Waals surface area contributed by atoms with Gasteiger partial charge in [0.1, 0.15) is 5.78 Å². The van der Waals surface area contributed by atoms with Crippen LogP contribution in [0.15, 0.2) is 64.7 Å². The van der Waals surface area contributed by atoms with Gasteiger partial charge in [-0.15, -0.1) is 22.7 Å². The van der Waals surface area contributed by atoms with E-state index in [0.717, 1.165) is 56.2 Å². The van der Waals surface area contributed by atoms with Crippen molar-refractivity contribution in [1.82, 2.24) is 19.8 Å². The van der Waals surface area contributed by atoms with Gasteiger partial charge in [-0.3, -0.25) is 24.0 Å². The van der Waals surface area contributed by atoms with Gasteiger partial charge in [0.25, 0.3) is 0 Å². The lowest BCUT2D eigenvalue weighted by molar-refractivity contribution is -0.146. The molecular formula is C55H76N8O7S2. The predicted molar refractivity (Wildman–Crippen MR) is 285 cm³/mol. The normalized spacial score (nSPS) is 19.7. The van der Waals surface area contributed by atoms with Crippen LogP contribution in [-0.4, -0.2) is 109 Å². The van der Waals surface area contributed by atoms with Gasteiger partial charge in [-0.1, -0.05) is 115 Å². The number of Topliss-reactive ketones (excluding diaryl/α,β-unsaturated/α-hetero) is 3. The smallest absolute Gasteiger partial charge is 0.240 e. The van der Waals surface area contributed by atoms with E-state index in [4.69, 9.17) is 11.3 Å². The summed E-state index contributed by atoms with van der Waals surface area (Å²) in [7, 11) is 0. The number of aliphatic hydroxyl groups is 2. The molecule has 4 N–H and O–H groups in total. The molecule has 2 aliphatic rings. The van der Waals surface area contributed by atoms with Crippen LogP contribution >= 0.6 is 22.7 Å². The average molecular weight is 1030 g/mol. The van der Waals surface area contributed by atoms with E-state index in [1.165, 1.54) is 9.80 Å². The Morgan fingerprint density at radius 2 is 1.15 bits per heavy atom. The summed E-state index contributed by atoms with van der Waals surface area (Å²) in [5.74, 6) is -1.21. The minimum absolute atomic E-state index is 0.00934. The van der Waals surface area contributed by atoms with Crippen LogP contribution in [0.2, 0.25) is 0 Å². The number of nitrogens with two attached hydrogens (primary N) is 1. The summed E-state index contributed by atoms with van der Waals surface area (Å²) in [4.78, 5) is 82.9. The van der Waals surface area contributed by atoms with Crippen LogP contribution in [0.1, 0.15) is 148 Å². The number of nitrogens with zero attached hydrogens (tertiary/aromatic N) is 7. The summed E-state index contributed by atoms with van der Waals surface area (Å²) in [6.07, 6.45) is 2.25. The number of likely N-dealkylation sites (tertiary alicyclic amines) is 2. The Balaban J connectivity index is 0.000000278. The molecule has 17 heteroatoms. The van der Waals surface area contributed by atoms with Crippen molar-refractivity contribution in [3.05, 3.63) is 92.5 Å². The second kappa shape index (κ2) is 25.7. The molecule has 8 atom stereocenters. The lowest BCUT2D eigenvalue weighted by Crippen LogP contribution is -2.53. The molecule has 4 aromatic rings. The van der Waals surface area contributed by atoms with E-state index in [2.05, 4.69) is 44.3 Å². The van der Waals surface area contributed by atoms with Crippen molar-refractivity contribution in [3.63, 3.8) is 0 Å². The molecule has 2 aliphatic heterocycles. The maximum Gasteiger partial charge on any atom is 0.240 e. The van der Waals surface area contributed by atoms with Gasteiger partial charge in [-0.2, -0.15) is 0 Å². The number of hydrogen-bond donors (Lipinski definition) is 3. The molecule has 0 saturated carbocycles. The summed E-state index contributed by atoms with van der Waals surface area (Å²) >= 11 is 3.22. The first kappa shape index (κ1) is 57.7. The number of aromatic nitrogens is 2. The fraction of sp³-hybridized carbons (Fsp3) is 0.582. The van der Waals surface area contributed by atoms with Crippen molar-refractivity contribution in [3.8, 4) is 20.9 Å². The molecule has 72 heavy (non-hydrogen) atoms. The number of carbonyl (C=O) groups is 5. The second-order valence-electron chi connectivity index (χ2n) is 22.0. The topological polar surface area (TPSA) is 233 Å². The van der Waals surface area contributed by atoms with Crippen molar-refractivity contribution in [1.29, 1.82) is 0 Å². The Kier molecular flexibility index (Phi) is 20.6. The van der Waals surface area contributed by atoms with Crippen LogP contribution in [0.4, 0.5) is 0 Å². The number of azide groups is 1. The van der Waals surface area contributed by atoms with Crippen LogP contribution in [0.3, 0.4) is 0 Å². The van der Waals surface area contributed by atoms with Crippen molar-refractivity contribution >= 4 is 51.8 Å². The number of unbranched alkanes of at least 4 members (excludes halogenated alkanes) is 2. The maximum absolute atomic E-state index is 13.8. The highest BCUT2D eigenvalue weighted by Gasteiger charge is 2.45. The number of β-amino-alcohol motifs (C(OH)–C–C–N with tert-alkyl or cyclic N) is 2. The van der Waals surface area contributed by atoms with Crippen LogP contribution in [0.25, 0.3) is 31.3 Å². The molecule has 4 heterocycles. The summed E-state index contributed by atoms with van der Waals surface area (Å²) < 4.78 is 0. The summed E-state index contributed by atoms with van der Waals surface area (Å²) in [5.41, 5.74) is 23.6. The molecule has 15 nitrogen and oxygen atoms in total. The van der Waals surface area contributed by atoms with Gasteiger partial charge in [-0.25, -0.2) is 9.97 Å². The largest absolute Gasteiger partial charge is 0.391 e. The van der Waals surface area contributed by atoms with Gasteiger partial charge < -0.3 is 25.7 Å². The Morgan fingerprint density at radius 1 is 0.708 bits per heavy atom. The number of thiazole rings is 2. The van der Waals surface area contributed by atoms with Crippen molar-refractivity contribution < 1.29 is 34.2 Å². The van der Waals surface area contributed by atoms with Crippen LogP contribution in [-0.2, 0) is 24.0 Å². The Bertz CT molecular complexity index is 2520. The minimum Gasteiger partial charge on any atom is -0.391 e. The monoisotopic (exact) mass is 1020 g/mol. The highest BCUT2D eigenvalue weighted by molar-refractivity contribution is 7.13. The summed E-state index contributed by atoms with van der Waals surface area (Å²) in [5, 5.41) is 24.2. The van der Waals surface area contributed by atoms with Gasteiger partial charge in [0.05, 0.1) is 62.5 Å². The van der Waals surface area contributed by atoms with E-state index in [1.54, 1.807) is 22.7 Å². The molecule has 2 fully saturated rings. The van der Waals surface area contributed by atoms with Crippen LogP contribution < -0.4 is 5.73 Å². The van der Waals surface area contributed by atoms with E-state index < -0.39 is 47.1 Å². The summed E-state index contributed by atoms with van der Waals surface area (Å²) in [6, 6.07) is 14.4. The number of carbonyl (C=O) groups excluding carboxylic acids is 5. The lowest BCUT2D eigenvalue weighted by Gasteiger charge is -2.35. The standard InChI is InChI=1S/C31H43N5O4S.C24H33N3O3S/c1-20(22-10-12-23(13-11-22)29-21(2)33-19-41-29)15-28(39)27-17-25(38)18-36(27)30(40)26(31(3,4)5)16-24(37)9-7-6-8-14-34-35-32;1-14(16-6-8-17(9-7-16)21-15(2)26-13-31-21)10-20(29)19-11-18(28)12-27(19)23(30)22(25)24(3,4)5/h10-13,19-20,25-27,38H,6-9,14-18H2,1-5H3;6-9,13-14,18-19,22,28H,10-12,25H2,1-5H3/t20-,25-,26+,27+;14-,18-,19+,22+/m11/s1. The molecule has 6 rings (SSSR count). The van der Waals surface area contributed by atoms with Gasteiger partial charge >= 0.3 is 0 Å². The Morgan fingerprint density at radius 3 is 1.54 bits per heavy atom. The Labute approximate surface area is 433 Å². The molecule has 2 saturated heterocycles. The van der Waals surface area contributed by atoms with Gasteiger partial charge in [-0.05, 0) is 77.1 Å². The molecule has 2 aromatic heterocycles. The first-order valence-electron chi connectivity index (χ1n) is 25.2. The molecule has 2 aromatic carbocycles. The molecule has 0 bridgehead atoms. The van der Waals surface area contributed by atoms with E-state index in [-0.39, 0.29) is 79.8 Å². The van der Waals surface area contributed by atoms with E-state index in [1.807, 2.05) is 105 Å². The van der Waals surface area contributed by atoms with E-state index in [9.17, 15) is 34.2 Å². The number of aliphatic hydroxyl groups excluding tert-OH is 2. The third-order valence-corrected chi connectivity index (χ3v) is 16.1. The molecule has 390 valence electrons. The quantitative estimate of drug-likeness (QED) is 0.0328. The third kappa shape index (κ3) is 15.4. The van der Waals surface area contributed by atoms with E-state index >= 15 is 0 Å². The Hall–Kier alpha value is -5.16. The van der Waals surface area contributed by atoms with Crippen molar-refractivity contribution in [2.75, 3.05) is 19.6 Å². The maximum atomic E-state index is 13.8. The number of ketones is 3. The molecule has 2 amide bonds. The van der Waals surface area contributed by atoms with Crippen molar-refractivity contribution in [2.45, 2.75) is 169 Å². The first-order valence-corrected chi connectivity index (χ1v) is 27.0. The highest BCUT2D eigenvalue weighted by Crippen LogP contribution is 2.36. The number of benzene rings is 2. The minimum atomic E-state index is -0.766. The second-order valence-corrected chi connectivity index (χ2v) is 23.7. The highest BCUT2D eigenvalue weighted by atomic mass is 32.1. The number of amides is 2.